The summed E-state index contributed by atoms with van der Waals surface area (Å²) in [5, 5.41) is 4.85. The van der Waals surface area contributed by atoms with Crippen LogP contribution in [-0.4, -0.2) is 19.6 Å². The summed E-state index contributed by atoms with van der Waals surface area (Å²) in [5.74, 6) is 0.372. The first-order valence-electron chi connectivity index (χ1n) is 7.95. The number of ether oxygens (including phenoxy) is 2. The van der Waals surface area contributed by atoms with E-state index in [4.69, 9.17) is 4.74 Å². The van der Waals surface area contributed by atoms with Gasteiger partial charge in [0.15, 0.2) is 0 Å². The third-order valence-electron chi connectivity index (χ3n) is 3.89. The predicted molar refractivity (Wildman–Crippen MR) is 94.7 cm³/mol. The maximum atomic E-state index is 12.3. The van der Waals surface area contributed by atoms with Crippen molar-refractivity contribution in [2.75, 3.05) is 7.11 Å². The number of amides is 1. The Balaban J connectivity index is 1.68. The fourth-order valence-electron chi connectivity index (χ4n) is 2.61. The molecule has 0 heterocycles. The van der Waals surface area contributed by atoms with Crippen molar-refractivity contribution in [3.05, 3.63) is 71.8 Å². The van der Waals surface area contributed by atoms with Crippen LogP contribution in [0.3, 0.4) is 0 Å². The van der Waals surface area contributed by atoms with E-state index in [-0.39, 0.29) is 17.2 Å². The standard InChI is InChI=1S/C20H17F2NO3/c1-25-17-8-7-14-9-13(5-6-15(14)10-17)12-23-19(24)16-3-2-4-18(11-16)26-20(21)22/h2-11,20H,12H2,1H3,(H,23,24). The smallest absolute Gasteiger partial charge is 0.387 e. The molecule has 0 bridgehead atoms. The van der Waals surface area contributed by atoms with Gasteiger partial charge in [-0.3, -0.25) is 4.79 Å². The first-order chi connectivity index (χ1) is 12.5. The Hall–Kier alpha value is -3.15. The minimum absolute atomic E-state index is 0.0488. The molecule has 0 saturated heterocycles. The molecule has 0 aliphatic heterocycles. The molecule has 1 amide bonds. The highest BCUT2D eigenvalue weighted by Crippen LogP contribution is 2.22. The van der Waals surface area contributed by atoms with Crippen molar-refractivity contribution >= 4 is 16.7 Å². The van der Waals surface area contributed by atoms with Gasteiger partial charge in [0, 0.05) is 12.1 Å². The second kappa shape index (κ2) is 7.82. The third-order valence-corrected chi connectivity index (χ3v) is 3.89. The number of benzene rings is 3. The average Bonchev–Trinajstić information content (AvgIpc) is 2.65. The molecular formula is C20H17F2NO3. The summed E-state index contributed by atoms with van der Waals surface area (Å²) in [6, 6.07) is 17.3. The van der Waals surface area contributed by atoms with E-state index in [9.17, 15) is 13.6 Å². The third kappa shape index (κ3) is 4.27. The average molecular weight is 357 g/mol. The highest BCUT2D eigenvalue weighted by molar-refractivity contribution is 5.94. The summed E-state index contributed by atoms with van der Waals surface area (Å²) < 4.78 is 34.0. The first-order valence-corrected chi connectivity index (χ1v) is 7.95. The number of methoxy groups -OCH3 is 1. The van der Waals surface area contributed by atoms with Crippen LogP contribution in [0.4, 0.5) is 8.78 Å². The van der Waals surface area contributed by atoms with E-state index in [0.29, 0.717) is 6.54 Å². The van der Waals surface area contributed by atoms with Crippen molar-refractivity contribution in [1.82, 2.24) is 5.32 Å². The molecule has 0 spiro atoms. The maximum Gasteiger partial charge on any atom is 0.387 e. The number of hydrogen-bond donors (Lipinski definition) is 1. The summed E-state index contributed by atoms with van der Waals surface area (Å²) in [6.45, 7) is -2.61. The van der Waals surface area contributed by atoms with Gasteiger partial charge in [0.05, 0.1) is 7.11 Å². The number of halogens is 2. The molecule has 134 valence electrons. The molecule has 0 saturated carbocycles. The largest absolute Gasteiger partial charge is 0.497 e. The predicted octanol–water partition coefficient (Wildman–Crippen LogP) is 4.38. The Morgan fingerprint density at radius 1 is 1.00 bits per heavy atom. The Morgan fingerprint density at radius 2 is 1.77 bits per heavy atom. The summed E-state index contributed by atoms with van der Waals surface area (Å²) >= 11 is 0. The fourth-order valence-corrected chi connectivity index (χ4v) is 2.61. The van der Waals surface area contributed by atoms with Crippen LogP contribution in [-0.2, 0) is 6.54 Å². The Morgan fingerprint density at radius 3 is 2.54 bits per heavy atom. The van der Waals surface area contributed by atoms with Gasteiger partial charge in [-0.2, -0.15) is 8.78 Å². The molecule has 0 fully saturated rings. The lowest BCUT2D eigenvalue weighted by atomic mass is 10.1. The maximum absolute atomic E-state index is 12.3. The fraction of sp³-hybridized carbons (Fsp3) is 0.150. The van der Waals surface area contributed by atoms with Crippen LogP contribution in [0.1, 0.15) is 15.9 Å². The van der Waals surface area contributed by atoms with Crippen LogP contribution >= 0.6 is 0 Å². The van der Waals surface area contributed by atoms with Crippen molar-refractivity contribution < 1.29 is 23.0 Å². The minimum Gasteiger partial charge on any atom is -0.497 e. The molecule has 3 aromatic rings. The van der Waals surface area contributed by atoms with Gasteiger partial charge in [-0.05, 0) is 52.7 Å². The van der Waals surface area contributed by atoms with Gasteiger partial charge in [0.25, 0.3) is 5.91 Å². The molecule has 3 rings (SSSR count). The minimum atomic E-state index is -2.93. The van der Waals surface area contributed by atoms with Crippen LogP contribution in [0.15, 0.2) is 60.7 Å². The van der Waals surface area contributed by atoms with Gasteiger partial charge in [0.1, 0.15) is 11.5 Å². The number of carbonyl (C=O) groups excluding carboxylic acids is 1. The highest BCUT2D eigenvalue weighted by atomic mass is 19.3. The molecule has 6 heteroatoms. The molecule has 0 unspecified atom stereocenters. The Kier molecular flexibility index (Phi) is 5.31. The number of carbonyl (C=O) groups is 1. The van der Waals surface area contributed by atoms with Crippen molar-refractivity contribution in [3.63, 3.8) is 0 Å². The topological polar surface area (TPSA) is 47.6 Å². The number of fused-ring (bicyclic) bond motifs is 1. The van der Waals surface area contributed by atoms with Gasteiger partial charge in [-0.25, -0.2) is 0 Å². The number of rotatable bonds is 6. The van der Waals surface area contributed by atoms with Crippen LogP contribution < -0.4 is 14.8 Å². The van der Waals surface area contributed by atoms with Crippen LogP contribution in [0.25, 0.3) is 10.8 Å². The Labute approximate surface area is 149 Å². The summed E-state index contributed by atoms with van der Waals surface area (Å²) in [5.41, 5.74) is 1.18. The molecule has 0 radical (unpaired) electrons. The van der Waals surface area contributed by atoms with Crippen molar-refractivity contribution in [2.24, 2.45) is 0 Å². The van der Waals surface area contributed by atoms with Crippen molar-refractivity contribution in [3.8, 4) is 11.5 Å². The zero-order valence-corrected chi connectivity index (χ0v) is 14.0. The quantitative estimate of drug-likeness (QED) is 0.712. The lowest BCUT2D eigenvalue weighted by Crippen LogP contribution is -2.22. The van der Waals surface area contributed by atoms with Gasteiger partial charge in [-0.1, -0.05) is 24.3 Å². The van der Waals surface area contributed by atoms with Crippen molar-refractivity contribution in [1.29, 1.82) is 0 Å². The number of alkyl halides is 2. The van der Waals surface area contributed by atoms with E-state index in [1.54, 1.807) is 13.2 Å². The number of nitrogens with one attached hydrogen (secondary N) is 1. The molecule has 4 nitrogen and oxygen atoms in total. The van der Waals surface area contributed by atoms with Gasteiger partial charge < -0.3 is 14.8 Å². The molecule has 0 aliphatic carbocycles. The van der Waals surface area contributed by atoms with E-state index < -0.39 is 6.61 Å². The lowest BCUT2D eigenvalue weighted by Gasteiger charge is -2.09. The molecule has 0 aromatic heterocycles. The van der Waals surface area contributed by atoms with Gasteiger partial charge >= 0.3 is 6.61 Å². The highest BCUT2D eigenvalue weighted by Gasteiger charge is 2.09. The van der Waals surface area contributed by atoms with Crippen LogP contribution in [0, 0.1) is 0 Å². The van der Waals surface area contributed by atoms with E-state index >= 15 is 0 Å². The second-order valence-electron chi connectivity index (χ2n) is 5.64. The van der Waals surface area contributed by atoms with Crippen LogP contribution in [0.5, 0.6) is 11.5 Å². The first kappa shape index (κ1) is 17.7. The number of hydrogen-bond acceptors (Lipinski definition) is 3. The SMILES string of the molecule is COc1ccc2cc(CNC(=O)c3cccc(OC(F)F)c3)ccc2c1. The molecule has 1 N–H and O–H groups in total. The summed E-state index contributed by atoms with van der Waals surface area (Å²) in [6.07, 6.45) is 0. The van der Waals surface area contributed by atoms with Crippen LogP contribution in [0.2, 0.25) is 0 Å². The molecule has 0 aliphatic rings. The molecule has 0 atom stereocenters. The van der Waals surface area contributed by atoms with Gasteiger partial charge in [0.2, 0.25) is 0 Å². The zero-order valence-electron chi connectivity index (χ0n) is 14.0. The monoisotopic (exact) mass is 357 g/mol. The zero-order chi connectivity index (χ0) is 18.5. The van der Waals surface area contributed by atoms with E-state index in [2.05, 4.69) is 10.1 Å². The van der Waals surface area contributed by atoms with E-state index in [1.165, 1.54) is 18.2 Å². The van der Waals surface area contributed by atoms with E-state index in [1.807, 2.05) is 36.4 Å². The van der Waals surface area contributed by atoms with E-state index in [0.717, 1.165) is 22.1 Å². The summed E-state index contributed by atoms with van der Waals surface area (Å²) in [7, 11) is 1.62. The van der Waals surface area contributed by atoms with Gasteiger partial charge in [-0.15, -0.1) is 0 Å². The summed E-state index contributed by atoms with van der Waals surface area (Å²) in [4.78, 5) is 12.2. The normalized spacial score (nSPS) is 10.8. The molecule has 3 aromatic carbocycles. The Bertz CT molecular complexity index is 928. The second-order valence-corrected chi connectivity index (χ2v) is 5.64. The molecule has 26 heavy (non-hydrogen) atoms. The molecular weight excluding hydrogens is 340 g/mol. The van der Waals surface area contributed by atoms with Crippen molar-refractivity contribution in [2.45, 2.75) is 13.2 Å². The lowest BCUT2D eigenvalue weighted by molar-refractivity contribution is -0.0498.